The van der Waals surface area contributed by atoms with Crippen LogP contribution in [0.1, 0.15) is 23.8 Å². The number of hydrogen-bond acceptors (Lipinski definition) is 2. The van der Waals surface area contributed by atoms with Gasteiger partial charge in [0.1, 0.15) is 11.3 Å². The van der Waals surface area contributed by atoms with Crippen LogP contribution in [0.15, 0.2) is 46.9 Å². The summed E-state index contributed by atoms with van der Waals surface area (Å²) in [4.78, 5) is 0. The molecule has 1 heterocycles. The molecule has 2 nitrogen and oxygen atoms in total. The summed E-state index contributed by atoms with van der Waals surface area (Å²) in [5, 5.41) is 5.44. The summed E-state index contributed by atoms with van der Waals surface area (Å²) >= 11 is 6.00. The monoisotopic (exact) mass is 299 g/mol. The second kappa shape index (κ2) is 5.82. The lowest BCUT2D eigenvalue weighted by Gasteiger charge is -2.10. The molecule has 1 aromatic heterocycles. The topological polar surface area (TPSA) is 25.2 Å². The minimum atomic E-state index is 0.753. The SMILES string of the molecule is CCc1oc2ccccc2c1CNc1ccc(Cl)cc1C. The van der Waals surface area contributed by atoms with Gasteiger partial charge in [-0.25, -0.2) is 0 Å². The van der Waals surface area contributed by atoms with Gasteiger partial charge in [-0.15, -0.1) is 0 Å². The van der Waals surface area contributed by atoms with E-state index in [1.165, 1.54) is 10.9 Å². The standard InChI is InChI=1S/C18H18ClNO/c1-3-17-15(14-6-4-5-7-18(14)21-17)11-20-16-9-8-13(19)10-12(16)2/h4-10,20H,3,11H2,1-2H3. The molecule has 3 aromatic rings. The number of rotatable bonds is 4. The van der Waals surface area contributed by atoms with E-state index in [2.05, 4.69) is 25.2 Å². The van der Waals surface area contributed by atoms with Crippen LogP contribution < -0.4 is 5.32 Å². The van der Waals surface area contributed by atoms with E-state index in [9.17, 15) is 0 Å². The van der Waals surface area contributed by atoms with Crippen molar-refractivity contribution in [2.45, 2.75) is 26.8 Å². The quantitative estimate of drug-likeness (QED) is 0.681. The molecule has 0 saturated carbocycles. The number of hydrogen-bond donors (Lipinski definition) is 1. The van der Waals surface area contributed by atoms with Gasteiger partial charge in [0, 0.05) is 34.6 Å². The number of benzene rings is 2. The molecular weight excluding hydrogens is 282 g/mol. The van der Waals surface area contributed by atoms with Crippen LogP contribution in [0.3, 0.4) is 0 Å². The fourth-order valence-corrected chi connectivity index (χ4v) is 2.86. The zero-order chi connectivity index (χ0) is 14.8. The highest BCUT2D eigenvalue weighted by Gasteiger charge is 2.12. The molecule has 0 amide bonds. The van der Waals surface area contributed by atoms with Crippen molar-refractivity contribution in [3.8, 4) is 0 Å². The number of aryl methyl sites for hydroxylation is 2. The minimum Gasteiger partial charge on any atom is -0.461 e. The first-order chi connectivity index (χ1) is 10.2. The molecule has 2 aromatic carbocycles. The van der Waals surface area contributed by atoms with Gasteiger partial charge in [0.15, 0.2) is 0 Å². The van der Waals surface area contributed by atoms with Crippen LogP contribution in [0, 0.1) is 6.92 Å². The Morgan fingerprint density at radius 2 is 1.95 bits per heavy atom. The van der Waals surface area contributed by atoms with E-state index in [4.69, 9.17) is 16.0 Å². The molecule has 0 fully saturated rings. The van der Waals surface area contributed by atoms with Gasteiger partial charge in [-0.3, -0.25) is 0 Å². The molecule has 108 valence electrons. The van der Waals surface area contributed by atoms with Crippen molar-refractivity contribution >= 4 is 28.3 Å². The van der Waals surface area contributed by atoms with Crippen LogP contribution in [-0.4, -0.2) is 0 Å². The van der Waals surface area contributed by atoms with Gasteiger partial charge in [0.2, 0.25) is 0 Å². The normalized spacial score (nSPS) is 11.0. The smallest absolute Gasteiger partial charge is 0.134 e. The molecular formula is C18H18ClNO. The molecule has 1 N–H and O–H groups in total. The second-order valence-corrected chi connectivity index (χ2v) is 5.60. The van der Waals surface area contributed by atoms with Crippen molar-refractivity contribution in [3.63, 3.8) is 0 Å². The van der Waals surface area contributed by atoms with Gasteiger partial charge in [-0.2, -0.15) is 0 Å². The maximum Gasteiger partial charge on any atom is 0.134 e. The summed E-state index contributed by atoms with van der Waals surface area (Å²) in [6.45, 7) is 4.93. The average Bonchev–Trinajstić information content (AvgIpc) is 2.84. The van der Waals surface area contributed by atoms with Gasteiger partial charge in [0.25, 0.3) is 0 Å². The first kappa shape index (κ1) is 14.0. The summed E-state index contributed by atoms with van der Waals surface area (Å²) < 4.78 is 5.93. The average molecular weight is 300 g/mol. The van der Waals surface area contributed by atoms with Crippen LogP contribution in [0.2, 0.25) is 5.02 Å². The van der Waals surface area contributed by atoms with Crippen molar-refractivity contribution < 1.29 is 4.42 Å². The number of nitrogens with one attached hydrogen (secondary N) is 1. The van der Waals surface area contributed by atoms with Crippen LogP contribution in [0.4, 0.5) is 5.69 Å². The molecule has 3 rings (SSSR count). The van der Waals surface area contributed by atoms with E-state index in [0.29, 0.717) is 0 Å². The Kier molecular flexibility index (Phi) is 3.89. The molecule has 0 aliphatic heterocycles. The Balaban J connectivity index is 1.91. The lowest BCUT2D eigenvalue weighted by Crippen LogP contribution is -2.02. The van der Waals surface area contributed by atoms with Crippen LogP contribution in [-0.2, 0) is 13.0 Å². The third kappa shape index (κ3) is 2.77. The Morgan fingerprint density at radius 1 is 1.14 bits per heavy atom. The third-order valence-electron chi connectivity index (χ3n) is 3.75. The summed E-state index contributed by atoms with van der Waals surface area (Å²) in [5.74, 6) is 1.05. The highest BCUT2D eigenvalue weighted by Crippen LogP contribution is 2.28. The number of fused-ring (bicyclic) bond motifs is 1. The molecule has 0 atom stereocenters. The molecule has 0 aliphatic rings. The first-order valence-corrected chi connectivity index (χ1v) is 7.56. The van der Waals surface area contributed by atoms with Crippen LogP contribution in [0.25, 0.3) is 11.0 Å². The predicted molar refractivity (Wildman–Crippen MR) is 89.1 cm³/mol. The van der Waals surface area contributed by atoms with E-state index in [0.717, 1.165) is 40.6 Å². The molecule has 0 radical (unpaired) electrons. The second-order valence-electron chi connectivity index (χ2n) is 5.17. The molecule has 21 heavy (non-hydrogen) atoms. The summed E-state index contributed by atoms with van der Waals surface area (Å²) in [5.41, 5.74) is 4.45. The maximum absolute atomic E-state index is 6.00. The van der Waals surface area contributed by atoms with E-state index < -0.39 is 0 Å². The molecule has 0 unspecified atom stereocenters. The van der Waals surface area contributed by atoms with E-state index >= 15 is 0 Å². The largest absolute Gasteiger partial charge is 0.461 e. The Morgan fingerprint density at radius 3 is 2.71 bits per heavy atom. The number of furan rings is 1. The zero-order valence-electron chi connectivity index (χ0n) is 12.2. The maximum atomic E-state index is 6.00. The number of para-hydroxylation sites is 1. The number of halogens is 1. The molecule has 0 saturated heterocycles. The van der Waals surface area contributed by atoms with Crippen molar-refractivity contribution in [1.29, 1.82) is 0 Å². The molecule has 0 spiro atoms. The highest BCUT2D eigenvalue weighted by atomic mass is 35.5. The van der Waals surface area contributed by atoms with E-state index in [-0.39, 0.29) is 0 Å². The molecule has 0 bridgehead atoms. The zero-order valence-corrected chi connectivity index (χ0v) is 13.0. The fourth-order valence-electron chi connectivity index (χ4n) is 2.64. The Labute approximate surface area is 129 Å². The van der Waals surface area contributed by atoms with Crippen molar-refractivity contribution in [2.75, 3.05) is 5.32 Å². The Hall–Kier alpha value is -1.93. The summed E-state index contributed by atoms with van der Waals surface area (Å²) in [6, 6.07) is 14.1. The van der Waals surface area contributed by atoms with E-state index in [1.807, 2.05) is 36.4 Å². The van der Waals surface area contributed by atoms with Gasteiger partial charge in [0.05, 0.1) is 0 Å². The van der Waals surface area contributed by atoms with Crippen molar-refractivity contribution in [2.24, 2.45) is 0 Å². The lowest BCUT2D eigenvalue weighted by atomic mass is 10.1. The number of anilines is 1. The predicted octanol–water partition coefficient (Wildman–Crippen LogP) is 5.57. The van der Waals surface area contributed by atoms with Gasteiger partial charge < -0.3 is 9.73 Å². The van der Waals surface area contributed by atoms with Crippen molar-refractivity contribution in [3.05, 3.63) is 64.4 Å². The fraction of sp³-hybridized carbons (Fsp3) is 0.222. The first-order valence-electron chi connectivity index (χ1n) is 7.18. The molecule has 0 aliphatic carbocycles. The third-order valence-corrected chi connectivity index (χ3v) is 3.98. The lowest BCUT2D eigenvalue weighted by molar-refractivity contribution is 0.551. The van der Waals surface area contributed by atoms with Gasteiger partial charge in [-0.1, -0.05) is 36.7 Å². The van der Waals surface area contributed by atoms with Gasteiger partial charge in [-0.05, 0) is 36.8 Å². The molecule has 3 heteroatoms. The summed E-state index contributed by atoms with van der Waals surface area (Å²) in [6.07, 6.45) is 0.894. The van der Waals surface area contributed by atoms with Crippen LogP contribution >= 0.6 is 11.6 Å². The van der Waals surface area contributed by atoms with Gasteiger partial charge >= 0.3 is 0 Å². The Bertz CT molecular complexity index is 776. The van der Waals surface area contributed by atoms with E-state index in [1.54, 1.807) is 0 Å². The highest BCUT2D eigenvalue weighted by molar-refractivity contribution is 6.30. The van der Waals surface area contributed by atoms with Crippen LogP contribution in [0.5, 0.6) is 0 Å². The minimum absolute atomic E-state index is 0.753. The van der Waals surface area contributed by atoms with Crippen molar-refractivity contribution in [1.82, 2.24) is 0 Å². The summed E-state index contributed by atoms with van der Waals surface area (Å²) in [7, 11) is 0.